The van der Waals surface area contributed by atoms with E-state index in [0.717, 1.165) is 24.2 Å². The number of allylic oxidation sites excluding steroid dienone is 3. The van der Waals surface area contributed by atoms with Gasteiger partial charge in [-0.3, -0.25) is 0 Å². The highest BCUT2D eigenvalue weighted by Gasteiger charge is 2.23. The Labute approximate surface area is 154 Å². The maximum atomic E-state index is 9.06. The van der Waals surface area contributed by atoms with Crippen molar-refractivity contribution in [3.63, 3.8) is 0 Å². The van der Waals surface area contributed by atoms with Crippen LogP contribution in [0.1, 0.15) is 36.0 Å². The molecule has 0 N–H and O–H groups in total. The molecule has 0 aliphatic carbocycles. The molecular weight excluding hydrogens is 322 g/mol. The van der Waals surface area contributed by atoms with Crippen LogP contribution >= 0.6 is 0 Å². The van der Waals surface area contributed by atoms with Crippen molar-refractivity contribution >= 4 is 11.8 Å². The van der Waals surface area contributed by atoms with Gasteiger partial charge in [0.2, 0.25) is 0 Å². The highest BCUT2D eigenvalue weighted by Crippen LogP contribution is 2.36. The van der Waals surface area contributed by atoms with Crippen molar-refractivity contribution in [3.05, 3.63) is 69.4 Å². The first-order valence-electron chi connectivity index (χ1n) is 9.22. The number of anilines is 1. The minimum absolute atomic E-state index is 0.164. The summed E-state index contributed by atoms with van der Waals surface area (Å²) in [5.41, 5.74) is 6.54. The lowest BCUT2D eigenvalue weighted by atomic mass is 9.90. The van der Waals surface area contributed by atoms with Crippen LogP contribution in [-0.2, 0) is 17.6 Å². The lowest BCUT2D eigenvalue weighted by Gasteiger charge is -2.37. The standard InChI is InChI=1S/C22H21N3O/c1-24-21(15-23)17-8-11-26-20(14-17)7-6-16-12-18-4-2-9-25-10-3-5-19(13-16)22(18)25/h6-7,12-14H,2-5,8-11H2/b7-6+,21-17+. The predicted molar refractivity (Wildman–Crippen MR) is 102 cm³/mol. The molecule has 0 atom stereocenters. The summed E-state index contributed by atoms with van der Waals surface area (Å²) in [5.74, 6) is 0.718. The van der Waals surface area contributed by atoms with Crippen molar-refractivity contribution in [3.8, 4) is 6.07 Å². The van der Waals surface area contributed by atoms with Crippen molar-refractivity contribution in [2.75, 3.05) is 24.6 Å². The van der Waals surface area contributed by atoms with Crippen molar-refractivity contribution in [2.24, 2.45) is 0 Å². The van der Waals surface area contributed by atoms with Gasteiger partial charge in [-0.15, -0.1) is 0 Å². The topological polar surface area (TPSA) is 40.6 Å². The average molecular weight is 343 g/mol. The summed E-state index contributed by atoms with van der Waals surface area (Å²) in [4.78, 5) is 5.85. The molecule has 0 bridgehead atoms. The Hall–Kier alpha value is -2.98. The monoisotopic (exact) mass is 343 g/mol. The Balaban J connectivity index is 1.63. The summed E-state index contributed by atoms with van der Waals surface area (Å²) in [6.45, 7) is 9.99. The number of rotatable bonds is 2. The Kier molecular flexibility index (Phi) is 4.50. The first-order valence-corrected chi connectivity index (χ1v) is 9.22. The molecule has 4 heteroatoms. The van der Waals surface area contributed by atoms with Gasteiger partial charge < -0.3 is 9.64 Å². The van der Waals surface area contributed by atoms with E-state index in [1.807, 2.05) is 18.2 Å². The van der Waals surface area contributed by atoms with Crippen molar-refractivity contribution in [1.29, 1.82) is 5.26 Å². The van der Waals surface area contributed by atoms with Crippen molar-refractivity contribution in [1.82, 2.24) is 0 Å². The van der Waals surface area contributed by atoms with Gasteiger partial charge in [0.25, 0.3) is 5.70 Å². The third kappa shape index (κ3) is 3.11. The molecule has 130 valence electrons. The largest absolute Gasteiger partial charge is 0.493 e. The number of nitrogens with zero attached hydrogens (tertiary/aromatic N) is 3. The van der Waals surface area contributed by atoms with E-state index in [4.69, 9.17) is 16.6 Å². The van der Waals surface area contributed by atoms with Gasteiger partial charge in [0.1, 0.15) is 5.76 Å². The SMILES string of the molecule is [C-]#[N+]/C(C#N)=C1C=C(/C=C/c2cc3c4c(c2)CCCN4CCC3)OCC/1. The molecule has 3 aliphatic rings. The summed E-state index contributed by atoms with van der Waals surface area (Å²) in [7, 11) is 0. The predicted octanol–water partition coefficient (Wildman–Crippen LogP) is 4.40. The molecule has 3 aliphatic heterocycles. The van der Waals surface area contributed by atoms with Gasteiger partial charge in [-0.25, -0.2) is 10.1 Å². The van der Waals surface area contributed by atoms with Crippen LogP contribution in [0, 0.1) is 17.9 Å². The molecule has 3 heterocycles. The van der Waals surface area contributed by atoms with E-state index < -0.39 is 0 Å². The third-order valence-corrected chi connectivity index (χ3v) is 5.27. The van der Waals surface area contributed by atoms with E-state index >= 15 is 0 Å². The van der Waals surface area contributed by atoms with Gasteiger partial charge in [-0.2, -0.15) is 0 Å². The minimum atomic E-state index is 0.164. The van der Waals surface area contributed by atoms with Crippen molar-refractivity contribution < 1.29 is 4.74 Å². The summed E-state index contributed by atoms with van der Waals surface area (Å²) >= 11 is 0. The Bertz CT molecular complexity index is 861. The van der Waals surface area contributed by atoms with Crippen LogP contribution in [0.25, 0.3) is 10.9 Å². The second-order valence-electron chi connectivity index (χ2n) is 6.96. The molecule has 0 fully saturated rings. The van der Waals surface area contributed by atoms with Crippen molar-refractivity contribution in [2.45, 2.75) is 32.1 Å². The zero-order valence-corrected chi connectivity index (χ0v) is 14.8. The van der Waals surface area contributed by atoms with Crippen LogP contribution in [-0.4, -0.2) is 19.7 Å². The fraction of sp³-hybridized carbons (Fsp3) is 0.364. The highest BCUT2D eigenvalue weighted by atomic mass is 16.5. The number of aryl methyl sites for hydroxylation is 2. The molecular formula is C22H21N3O. The molecule has 0 radical (unpaired) electrons. The average Bonchev–Trinajstić information content (AvgIpc) is 2.68. The van der Waals surface area contributed by atoms with Gasteiger partial charge in [-0.05, 0) is 78.7 Å². The first-order chi connectivity index (χ1) is 12.8. The second-order valence-corrected chi connectivity index (χ2v) is 6.96. The summed E-state index contributed by atoms with van der Waals surface area (Å²) in [5, 5.41) is 9.06. The molecule has 4 nitrogen and oxygen atoms in total. The lowest BCUT2D eigenvalue weighted by molar-refractivity contribution is 0.219. The second kappa shape index (κ2) is 7.10. The van der Waals surface area contributed by atoms with E-state index in [2.05, 4.69) is 28.0 Å². The number of hydrogen-bond acceptors (Lipinski definition) is 3. The first kappa shape index (κ1) is 16.5. The van der Waals surface area contributed by atoms with Gasteiger partial charge in [-0.1, -0.05) is 6.08 Å². The molecule has 0 amide bonds. The fourth-order valence-corrected chi connectivity index (χ4v) is 4.12. The summed E-state index contributed by atoms with van der Waals surface area (Å²) in [6, 6.07) is 6.57. The third-order valence-electron chi connectivity index (χ3n) is 5.27. The molecule has 0 unspecified atom stereocenters. The molecule has 0 saturated heterocycles. The van der Waals surface area contributed by atoms with Crippen LogP contribution in [0.2, 0.25) is 0 Å². The maximum absolute atomic E-state index is 9.06. The van der Waals surface area contributed by atoms with Crippen LogP contribution < -0.4 is 4.90 Å². The van der Waals surface area contributed by atoms with Crippen LogP contribution in [0.15, 0.2) is 41.3 Å². The Morgan fingerprint density at radius 1 is 1.15 bits per heavy atom. The van der Waals surface area contributed by atoms with E-state index in [9.17, 15) is 0 Å². The molecule has 1 aromatic rings. The zero-order valence-electron chi connectivity index (χ0n) is 14.8. The number of benzene rings is 1. The van der Waals surface area contributed by atoms with Crippen LogP contribution in [0.3, 0.4) is 0 Å². The van der Waals surface area contributed by atoms with E-state index in [1.165, 1.54) is 48.3 Å². The fourth-order valence-electron chi connectivity index (χ4n) is 4.12. The van der Waals surface area contributed by atoms with Gasteiger partial charge in [0, 0.05) is 18.8 Å². The van der Waals surface area contributed by atoms with Crippen LogP contribution in [0.4, 0.5) is 5.69 Å². The Morgan fingerprint density at radius 2 is 1.88 bits per heavy atom. The molecule has 0 saturated carbocycles. The lowest BCUT2D eigenvalue weighted by Crippen LogP contribution is -2.34. The number of hydrogen-bond donors (Lipinski definition) is 0. The quantitative estimate of drug-likeness (QED) is 0.590. The molecule has 1 aromatic carbocycles. The van der Waals surface area contributed by atoms with E-state index in [0.29, 0.717) is 13.0 Å². The molecule has 4 rings (SSSR count). The normalized spacial score (nSPS) is 20.5. The smallest absolute Gasteiger partial charge is 0.265 e. The van der Waals surface area contributed by atoms with Gasteiger partial charge in [0.15, 0.2) is 0 Å². The van der Waals surface area contributed by atoms with Crippen LogP contribution in [0.5, 0.6) is 0 Å². The number of nitriles is 1. The molecule has 26 heavy (non-hydrogen) atoms. The van der Waals surface area contributed by atoms with Gasteiger partial charge in [0.05, 0.1) is 19.2 Å². The highest BCUT2D eigenvalue weighted by molar-refractivity contribution is 5.68. The van der Waals surface area contributed by atoms with E-state index in [-0.39, 0.29) is 5.70 Å². The zero-order chi connectivity index (χ0) is 17.9. The summed E-state index contributed by atoms with van der Waals surface area (Å²) < 4.78 is 5.69. The minimum Gasteiger partial charge on any atom is -0.493 e. The Morgan fingerprint density at radius 3 is 2.54 bits per heavy atom. The molecule has 0 aromatic heterocycles. The maximum Gasteiger partial charge on any atom is 0.265 e. The van der Waals surface area contributed by atoms with Gasteiger partial charge >= 0.3 is 0 Å². The summed E-state index contributed by atoms with van der Waals surface area (Å²) in [6.07, 6.45) is 11.2. The van der Waals surface area contributed by atoms with E-state index in [1.54, 1.807) is 0 Å². The molecule has 0 spiro atoms. The number of ether oxygens (including phenoxy) is 1.